The summed E-state index contributed by atoms with van der Waals surface area (Å²) >= 11 is 0. The van der Waals surface area contributed by atoms with Crippen LogP contribution in [0.2, 0.25) is 0 Å². The summed E-state index contributed by atoms with van der Waals surface area (Å²) < 4.78 is 47.5. The van der Waals surface area contributed by atoms with Gasteiger partial charge in [-0.15, -0.1) is 13.2 Å². The number of furan rings is 1. The van der Waals surface area contributed by atoms with Crippen LogP contribution in [0.5, 0.6) is 5.75 Å². The Morgan fingerprint density at radius 3 is 2.48 bits per heavy atom. The number of aromatic amines is 1. The molecule has 33 heavy (non-hydrogen) atoms. The van der Waals surface area contributed by atoms with E-state index in [-0.39, 0.29) is 30.2 Å². The van der Waals surface area contributed by atoms with Gasteiger partial charge in [0.25, 0.3) is 11.5 Å². The summed E-state index contributed by atoms with van der Waals surface area (Å²) in [6, 6.07) is 7.34. The second-order valence-electron chi connectivity index (χ2n) is 7.04. The standard InChI is InChI=1S/C21H21F3N4O5/c1-2-3-10-27-17(25)16(18(29)26-20(27)31)28(12-15-5-4-11-32-15)19(30)13-6-8-14(9-7-13)33-21(22,23)24/h4-9,11H,2-3,10,12,25H2,1H3,(H,26,29,31). The topological polar surface area (TPSA) is 124 Å². The van der Waals surface area contributed by atoms with Gasteiger partial charge in [-0.3, -0.25) is 24.0 Å². The lowest BCUT2D eigenvalue weighted by Crippen LogP contribution is -2.41. The molecule has 0 spiro atoms. The quantitative estimate of drug-likeness (QED) is 0.525. The summed E-state index contributed by atoms with van der Waals surface area (Å²) in [5, 5.41) is 0. The summed E-state index contributed by atoms with van der Waals surface area (Å²) in [4.78, 5) is 41.4. The second kappa shape index (κ2) is 9.67. The molecule has 1 amide bonds. The Labute approximate surface area is 185 Å². The van der Waals surface area contributed by atoms with Gasteiger partial charge in [-0.25, -0.2) is 4.79 Å². The molecule has 0 bridgehead atoms. The molecule has 176 valence electrons. The van der Waals surface area contributed by atoms with Crippen LogP contribution in [-0.2, 0) is 13.1 Å². The predicted octanol–water partition coefficient (Wildman–Crippen LogP) is 3.26. The number of nitrogens with one attached hydrogen (secondary N) is 1. The number of ether oxygens (including phenoxy) is 1. The van der Waals surface area contributed by atoms with Crippen molar-refractivity contribution in [3.8, 4) is 5.75 Å². The molecule has 3 rings (SSSR count). The number of hydrogen-bond acceptors (Lipinski definition) is 6. The summed E-state index contributed by atoms with van der Waals surface area (Å²) in [6.45, 7) is 1.91. The first-order valence-corrected chi connectivity index (χ1v) is 9.93. The number of carbonyl (C=O) groups excluding carboxylic acids is 1. The SMILES string of the molecule is CCCCn1c(N)c(N(Cc2ccco2)C(=O)c2ccc(OC(F)(F)F)cc2)c(=O)[nH]c1=O. The fraction of sp³-hybridized carbons (Fsp3) is 0.286. The van der Waals surface area contributed by atoms with E-state index in [1.54, 1.807) is 12.1 Å². The van der Waals surface area contributed by atoms with Gasteiger partial charge in [0, 0.05) is 12.1 Å². The molecule has 0 saturated heterocycles. The highest BCUT2D eigenvalue weighted by molar-refractivity contribution is 6.07. The average Bonchev–Trinajstić information content (AvgIpc) is 3.25. The van der Waals surface area contributed by atoms with Crippen LogP contribution in [0.25, 0.3) is 0 Å². The van der Waals surface area contributed by atoms with Gasteiger partial charge in [0.05, 0.1) is 12.8 Å². The number of aromatic nitrogens is 2. The maximum absolute atomic E-state index is 13.3. The molecule has 0 radical (unpaired) electrons. The third kappa shape index (κ3) is 5.64. The molecule has 12 heteroatoms. The molecule has 0 unspecified atom stereocenters. The van der Waals surface area contributed by atoms with Crippen LogP contribution in [0.15, 0.2) is 56.7 Å². The number of nitrogens with zero attached hydrogens (tertiary/aromatic N) is 2. The lowest BCUT2D eigenvalue weighted by Gasteiger charge is -2.24. The van der Waals surface area contributed by atoms with Crippen molar-refractivity contribution in [2.24, 2.45) is 0 Å². The third-order valence-electron chi connectivity index (χ3n) is 4.69. The lowest BCUT2D eigenvalue weighted by molar-refractivity contribution is -0.274. The highest BCUT2D eigenvalue weighted by atomic mass is 19.4. The number of nitrogens with two attached hydrogens (primary N) is 1. The lowest BCUT2D eigenvalue weighted by atomic mass is 10.1. The molecule has 0 aliphatic rings. The molecule has 1 aromatic carbocycles. The minimum absolute atomic E-state index is 0.0406. The number of amides is 1. The van der Waals surface area contributed by atoms with E-state index < -0.39 is 29.3 Å². The maximum atomic E-state index is 13.3. The molecule has 0 aliphatic carbocycles. The highest BCUT2D eigenvalue weighted by Gasteiger charge is 2.31. The normalized spacial score (nSPS) is 11.4. The summed E-state index contributed by atoms with van der Waals surface area (Å²) in [7, 11) is 0. The van der Waals surface area contributed by atoms with E-state index in [0.717, 1.165) is 40.2 Å². The summed E-state index contributed by atoms with van der Waals surface area (Å²) in [5.41, 5.74) is 4.22. The van der Waals surface area contributed by atoms with E-state index in [1.807, 2.05) is 6.92 Å². The van der Waals surface area contributed by atoms with E-state index in [9.17, 15) is 27.6 Å². The maximum Gasteiger partial charge on any atom is 0.573 e. The zero-order chi connectivity index (χ0) is 24.2. The number of halogens is 3. The van der Waals surface area contributed by atoms with E-state index in [1.165, 1.54) is 6.26 Å². The van der Waals surface area contributed by atoms with Crippen LogP contribution in [0.1, 0.15) is 35.9 Å². The van der Waals surface area contributed by atoms with E-state index in [0.29, 0.717) is 12.2 Å². The molecule has 2 heterocycles. The van der Waals surface area contributed by atoms with Crippen LogP contribution in [0.4, 0.5) is 24.7 Å². The Hall–Kier alpha value is -3.96. The number of H-pyrrole nitrogens is 1. The largest absolute Gasteiger partial charge is 0.573 e. The van der Waals surface area contributed by atoms with E-state index in [4.69, 9.17) is 10.2 Å². The first-order valence-electron chi connectivity index (χ1n) is 9.93. The van der Waals surface area contributed by atoms with Crippen LogP contribution in [0, 0.1) is 0 Å². The molecule has 3 aromatic rings. The Morgan fingerprint density at radius 2 is 1.91 bits per heavy atom. The fourth-order valence-corrected chi connectivity index (χ4v) is 3.14. The number of hydrogen-bond donors (Lipinski definition) is 2. The first kappa shape index (κ1) is 23.7. The van der Waals surface area contributed by atoms with E-state index >= 15 is 0 Å². The zero-order valence-corrected chi connectivity index (χ0v) is 17.5. The average molecular weight is 466 g/mol. The minimum atomic E-state index is -4.88. The predicted molar refractivity (Wildman–Crippen MR) is 113 cm³/mol. The van der Waals surface area contributed by atoms with Crippen LogP contribution in [-0.4, -0.2) is 21.8 Å². The van der Waals surface area contributed by atoms with Crippen molar-refractivity contribution < 1.29 is 27.1 Å². The van der Waals surface area contributed by atoms with Gasteiger partial charge < -0.3 is 14.9 Å². The van der Waals surface area contributed by atoms with Gasteiger partial charge in [0.2, 0.25) is 0 Å². The van der Waals surface area contributed by atoms with Gasteiger partial charge in [0.1, 0.15) is 17.3 Å². The summed E-state index contributed by atoms with van der Waals surface area (Å²) in [6.07, 6.45) is -2.16. The minimum Gasteiger partial charge on any atom is -0.467 e. The second-order valence-corrected chi connectivity index (χ2v) is 7.04. The highest BCUT2D eigenvalue weighted by Crippen LogP contribution is 2.26. The Morgan fingerprint density at radius 1 is 1.21 bits per heavy atom. The molecular weight excluding hydrogens is 445 g/mol. The van der Waals surface area contributed by atoms with Crippen LogP contribution < -0.4 is 26.6 Å². The number of benzene rings is 1. The van der Waals surface area contributed by atoms with Gasteiger partial charge in [-0.05, 0) is 42.8 Å². The number of alkyl halides is 3. The van der Waals surface area contributed by atoms with Crippen molar-refractivity contribution in [1.82, 2.24) is 9.55 Å². The van der Waals surface area contributed by atoms with Crippen LogP contribution >= 0.6 is 0 Å². The number of carbonyl (C=O) groups is 1. The molecule has 3 N–H and O–H groups in total. The van der Waals surface area contributed by atoms with Crippen molar-refractivity contribution >= 4 is 17.4 Å². The van der Waals surface area contributed by atoms with Gasteiger partial charge in [0.15, 0.2) is 5.69 Å². The van der Waals surface area contributed by atoms with Crippen molar-refractivity contribution in [1.29, 1.82) is 0 Å². The number of unbranched alkanes of at least 4 members (excludes halogenated alkanes) is 1. The number of nitrogen functional groups attached to an aromatic ring is 1. The monoisotopic (exact) mass is 466 g/mol. The number of anilines is 2. The molecule has 2 aromatic heterocycles. The smallest absolute Gasteiger partial charge is 0.467 e. The van der Waals surface area contributed by atoms with Crippen molar-refractivity contribution in [2.75, 3.05) is 10.6 Å². The van der Waals surface area contributed by atoms with Gasteiger partial charge in [-0.1, -0.05) is 13.3 Å². The molecule has 9 nitrogen and oxygen atoms in total. The third-order valence-corrected chi connectivity index (χ3v) is 4.69. The van der Waals surface area contributed by atoms with Gasteiger partial charge >= 0.3 is 12.1 Å². The Bertz CT molecular complexity index is 1210. The number of rotatable bonds is 8. The molecule has 0 fully saturated rings. The molecule has 0 aliphatic heterocycles. The van der Waals surface area contributed by atoms with Crippen LogP contribution in [0.3, 0.4) is 0 Å². The van der Waals surface area contributed by atoms with Crippen molar-refractivity contribution in [2.45, 2.75) is 39.2 Å². The first-order chi connectivity index (χ1) is 15.6. The van der Waals surface area contributed by atoms with Gasteiger partial charge in [-0.2, -0.15) is 0 Å². The summed E-state index contributed by atoms with van der Waals surface area (Å²) in [5.74, 6) is -1.16. The van der Waals surface area contributed by atoms with Crippen molar-refractivity contribution in [3.05, 3.63) is 74.8 Å². The Balaban J connectivity index is 2.05. The van der Waals surface area contributed by atoms with Crippen molar-refractivity contribution in [3.63, 3.8) is 0 Å². The molecular formula is C21H21F3N4O5. The molecule has 0 atom stereocenters. The Kier molecular flexibility index (Phi) is 6.95. The fourth-order valence-electron chi connectivity index (χ4n) is 3.14. The molecule has 0 saturated carbocycles. The zero-order valence-electron chi connectivity index (χ0n) is 17.5. The van der Waals surface area contributed by atoms with E-state index in [2.05, 4.69) is 9.72 Å².